The summed E-state index contributed by atoms with van der Waals surface area (Å²) in [4.78, 5) is 28.5. The molecular weight excluding hydrogens is 352 g/mol. The summed E-state index contributed by atoms with van der Waals surface area (Å²) in [6.07, 6.45) is 0. The lowest BCUT2D eigenvalue weighted by Gasteiger charge is -2.04. The summed E-state index contributed by atoms with van der Waals surface area (Å²) in [5.41, 5.74) is 1.42. The molecule has 1 amide bonds. The highest BCUT2D eigenvalue weighted by Crippen LogP contribution is 2.29. The van der Waals surface area contributed by atoms with Gasteiger partial charge in [0.2, 0.25) is 5.91 Å². The van der Waals surface area contributed by atoms with Gasteiger partial charge in [0.15, 0.2) is 4.34 Å². The highest BCUT2D eigenvalue weighted by molar-refractivity contribution is 8.01. The summed E-state index contributed by atoms with van der Waals surface area (Å²) in [7, 11) is 1.32. The van der Waals surface area contributed by atoms with Crippen LogP contribution in [0.15, 0.2) is 40.1 Å². The number of benzene rings is 1. The van der Waals surface area contributed by atoms with Crippen LogP contribution in [0.2, 0.25) is 0 Å². The number of thiophene rings is 1. The van der Waals surface area contributed by atoms with Crippen molar-refractivity contribution in [2.45, 2.75) is 4.34 Å². The molecule has 0 atom stereocenters. The molecule has 1 aromatic carbocycles. The predicted molar refractivity (Wildman–Crippen MR) is 94.6 cm³/mol. The number of thiazole rings is 1. The van der Waals surface area contributed by atoms with Crippen LogP contribution in [0, 0.1) is 0 Å². The second kappa shape index (κ2) is 7.12. The maximum Gasteiger partial charge on any atom is 0.350 e. The van der Waals surface area contributed by atoms with Crippen molar-refractivity contribution in [2.24, 2.45) is 0 Å². The standard InChI is InChI=1S/C15H12N2O3S3/c1-20-14(19)13-10(6-7-21-13)16-12(18)8-22-15-17-9-4-2-3-5-11(9)23-15/h2-7H,8H2,1H3,(H,16,18). The third-order valence-corrected chi connectivity index (χ3v) is 5.98. The molecule has 8 heteroatoms. The number of methoxy groups -OCH3 is 1. The SMILES string of the molecule is COC(=O)c1sccc1NC(=O)CSc1nc2ccccc2s1. The van der Waals surface area contributed by atoms with E-state index in [1.165, 1.54) is 30.2 Å². The van der Waals surface area contributed by atoms with Crippen molar-refractivity contribution in [3.8, 4) is 0 Å². The molecule has 0 aliphatic rings. The van der Waals surface area contributed by atoms with E-state index in [0.717, 1.165) is 14.6 Å². The Morgan fingerprint density at radius 2 is 2.13 bits per heavy atom. The highest BCUT2D eigenvalue weighted by Gasteiger charge is 2.16. The number of aromatic nitrogens is 1. The minimum absolute atomic E-state index is 0.183. The summed E-state index contributed by atoms with van der Waals surface area (Å²) in [5.74, 6) is -0.400. The van der Waals surface area contributed by atoms with E-state index in [4.69, 9.17) is 0 Å². The molecule has 0 saturated heterocycles. The second-order valence-electron chi connectivity index (χ2n) is 4.44. The van der Waals surface area contributed by atoms with Crippen LogP contribution in [0.1, 0.15) is 9.67 Å². The van der Waals surface area contributed by atoms with Gasteiger partial charge < -0.3 is 10.1 Å². The zero-order valence-corrected chi connectivity index (χ0v) is 14.5. The van der Waals surface area contributed by atoms with Gasteiger partial charge in [-0.1, -0.05) is 23.9 Å². The van der Waals surface area contributed by atoms with E-state index in [1.807, 2.05) is 24.3 Å². The first-order valence-electron chi connectivity index (χ1n) is 6.61. The van der Waals surface area contributed by atoms with Crippen molar-refractivity contribution in [1.82, 2.24) is 4.98 Å². The van der Waals surface area contributed by atoms with Gasteiger partial charge >= 0.3 is 5.97 Å². The third kappa shape index (κ3) is 3.72. The molecule has 2 heterocycles. The lowest BCUT2D eigenvalue weighted by Crippen LogP contribution is -2.15. The van der Waals surface area contributed by atoms with Crippen LogP contribution >= 0.6 is 34.4 Å². The van der Waals surface area contributed by atoms with Gasteiger partial charge in [-0.25, -0.2) is 9.78 Å². The van der Waals surface area contributed by atoms with E-state index in [-0.39, 0.29) is 11.7 Å². The number of carbonyl (C=O) groups excluding carboxylic acids is 2. The van der Waals surface area contributed by atoms with Crippen LogP contribution in [0.3, 0.4) is 0 Å². The number of nitrogens with one attached hydrogen (secondary N) is 1. The third-order valence-electron chi connectivity index (χ3n) is 2.91. The molecule has 0 aliphatic carbocycles. The number of esters is 1. The number of fused-ring (bicyclic) bond motifs is 1. The lowest BCUT2D eigenvalue weighted by atomic mass is 10.3. The first kappa shape index (κ1) is 16.0. The zero-order chi connectivity index (χ0) is 16.2. The minimum atomic E-state index is -0.450. The van der Waals surface area contributed by atoms with Gasteiger partial charge in [-0.2, -0.15) is 0 Å². The van der Waals surface area contributed by atoms with Crippen LogP contribution in [-0.4, -0.2) is 29.7 Å². The number of amides is 1. The highest BCUT2D eigenvalue weighted by atomic mass is 32.2. The van der Waals surface area contributed by atoms with Crippen molar-refractivity contribution >= 4 is 62.2 Å². The topological polar surface area (TPSA) is 68.3 Å². The van der Waals surface area contributed by atoms with Crippen LogP contribution < -0.4 is 5.32 Å². The van der Waals surface area contributed by atoms with Crippen molar-refractivity contribution < 1.29 is 14.3 Å². The summed E-state index contributed by atoms with van der Waals surface area (Å²) < 4.78 is 6.63. The maximum absolute atomic E-state index is 12.1. The molecule has 0 aliphatic heterocycles. The second-order valence-corrected chi connectivity index (χ2v) is 7.61. The monoisotopic (exact) mass is 364 g/mol. The van der Waals surface area contributed by atoms with E-state index in [1.54, 1.807) is 22.8 Å². The molecule has 0 saturated carbocycles. The molecule has 3 rings (SSSR count). The van der Waals surface area contributed by atoms with Crippen molar-refractivity contribution in [3.63, 3.8) is 0 Å². The molecule has 23 heavy (non-hydrogen) atoms. The Morgan fingerprint density at radius 1 is 1.30 bits per heavy atom. The quantitative estimate of drug-likeness (QED) is 0.550. The van der Waals surface area contributed by atoms with Gasteiger partial charge in [-0.05, 0) is 23.6 Å². The van der Waals surface area contributed by atoms with Gasteiger partial charge in [0, 0.05) is 0 Å². The summed E-state index contributed by atoms with van der Waals surface area (Å²) >= 11 is 4.17. The number of anilines is 1. The van der Waals surface area contributed by atoms with Gasteiger partial charge in [-0.3, -0.25) is 4.79 Å². The number of nitrogens with zero attached hydrogens (tertiary/aromatic N) is 1. The molecule has 118 valence electrons. The predicted octanol–water partition coefficient (Wildman–Crippen LogP) is 3.88. The van der Waals surface area contributed by atoms with Crippen LogP contribution in [-0.2, 0) is 9.53 Å². The van der Waals surface area contributed by atoms with Crippen LogP contribution in [0.4, 0.5) is 5.69 Å². The Labute approximate surface area is 144 Å². The van der Waals surface area contributed by atoms with E-state index < -0.39 is 5.97 Å². The number of thioether (sulfide) groups is 1. The van der Waals surface area contributed by atoms with E-state index in [2.05, 4.69) is 15.0 Å². The zero-order valence-electron chi connectivity index (χ0n) is 12.1. The summed E-state index contributed by atoms with van der Waals surface area (Å²) in [6, 6.07) is 9.55. The maximum atomic E-state index is 12.1. The van der Waals surface area contributed by atoms with E-state index in [0.29, 0.717) is 10.6 Å². The Morgan fingerprint density at radius 3 is 2.91 bits per heavy atom. The minimum Gasteiger partial charge on any atom is -0.465 e. The largest absolute Gasteiger partial charge is 0.465 e. The number of para-hydroxylation sites is 1. The first-order valence-corrected chi connectivity index (χ1v) is 9.29. The summed E-state index contributed by atoms with van der Waals surface area (Å²) in [5, 5.41) is 4.48. The van der Waals surface area contributed by atoms with Gasteiger partial charge in [0.1, 0.15) is 4.88 Å². The van der Waals surface area contributed by atoms with Crippen LogP contribution in [0.25, 0.3) is 10.2 Å². The number of hydrogen-bond donors (Lipinski definition) is 1. The Bertz CT molecular complexity index is 823. The molecule has 0 radical (unpaired) electrons. The van der Waals surface area contributed by atoms with E-state index in [9.17, 15) is 9.59 Å². The van der Waals surface area contributed by atoms with Gasteiger partial charge in [-0.15, -0.1) is 22.7 Å². The molecule has 2 aromatic heterocycles. The van der Waals surface area contributed by atoms with Gasteiger partial charge in [0.25, 0.3) is 0 Å². The number of ether oxygens (including phenoxy) is 1. The molecule has 5 nitrogen and oxygen atoms in total. The molecule has 1 N–H and O–H groups in total. The molecule has 0 bridgehead atoms. The normalized spacial score (nSPS) is 10.7. The Kier molecular flexibility index (Phi) is 4.94. The Balaban J connectivity index is 1.61. The van der Waals surface area contributed by atoms with Crippen molar-refractivity contribution in [2.75, 3.05) is 18.2 Å². The van der Waals surface area contributed by atoms with Crippen molar-refractivity contribution in [1.29, 1.82) is 0 Å². The fourth-order valence-electron chi connectivity index (χ4n) is 1.88. The number of hydrogen-bond acceptors (Lipinski definition) is 7. The molecule has 0 fully saturated rings. The smallest absolute Gasteiger partial charge is 0.350 e. The summed E-state index contributed by atoms with van der Waals surface area (Å²) in [6.45, 7) is 0. The molecule has 3 aromatic rings. The fraction of sp³-hybridized carbons (Fsp3) is 0.133. The average Bonchev–Trinajstić information content (AvgIpc) is 3.18. The fourth-order valence-corrected chi connectivity index (χ4v) is 4.52. The molecule has 0 spiro atoms. The Hall–Kier alpha value is -1.90. The lowest BCUT2D eigenvalue weighted by molar-refractivity contribution is -0.113. The van der Waals surface area contributed by atoms with Crippen molar-refractivity contribution in [3.05, 3.63) is 40.6 Å². The molecular formula is C15H12N2O3S3. The van der Waals surface area contributed by atoms with E-state index >= 15 is 0 Å². The molecule has 0 unspecified atom stereocenters. The average molecular weight is 364 g/mol. The number of carbonyl (C=O) groups is 2. The number of rotatable bonds is 5. The first-order chi connectivity index (χ1) is 11.2. The van der Waals surface area contributed by atoms with Crippen LogP contribution in [0.5, 0.6) is 0 Å². The van der Waals surface area contributed by atoms with Gasteiger partial charge in [0.05, 0.1) is 28.8 Å².